The number of hydrogen-bond acceptors (Lipinski definition) is 3. The van der Waals surface area contributed by atoms with Crippen LogP contribution >= 0.6 is 23.2 Å². The van der Waals surface area contributed by atoms with Crippen molar-refractivity contribution >= 4 is 46.7 Å². The van der Waals surface area contributed by atoms with Gasteiger partial charge in [0.1, 0.15) is 18.2 Å². The van der Waals surface area contributed by atoms with E-state index in [0.717, 1.165) is 5.56 Å². The molecule has 3 aromatic carbocycles. The summed E-state index contributed by atoms with van der Waals surface area (Å²) in [7, 11) is 0. The molecule has 0 unspecified atom stereocenters. The molecule has 0 saturated heterocycles. The van der Waals surface area contributed by atoms with E-state index in [9.17, 15) is 9.18 Å². The van der Waals surface area contributed by atoms with Crippen LogP contribution < -0.4 is 10.1 Å². The van der Waals surface area contributed by atoms with E-state index in [1.165, 1.54) is 12.1 Å². The van der Waals surface area contributed by atoms with Gasteiger partial charge in [-0.05, 0) is 54.1 Å². The number of aliphatic imine (C=N–C) groups is 1. The molecular formula is C23H19Cl2FN2O2. The third kappa shape index (κ3) is 6.05. The average Bonchev–Trinajstić information content (AvgIpc) is 2.73. The summed E-state index contributed by atoms with van der Waals surface area (Å²) in [5.41, 5.74) is 2.80. The highest BCUT2D eigenvalue weighted by molar-refractivity contribution is 6.36. The molecule has 4 nitrogen and oxygen atoms in total. The standard InChI is InChI=1S/C23H19Cl2FN2O2/c1-2-22(29)28-20-9-7-19(8-10-20)27-13-16-11-17(24)12-21(25)23(16)30-14-15-3-5-18(26)6-4-15/h3-13H,2,14H2,1H3,(H,28,29). The number of rotatable bonds is 7. The zero-order valence-corrected chi connectivity index (χ0v) is 17.7. The van der Waals surface area contributed by atoms with Gasteiger partial charge in [0.05, 0.1) is 10.7 Å². The van der Waals surface area contributed by atoms with Gasteiger partial charge in [-0.1, -0.05) is 42.3 Å². The second-order valence-electron chi connectivity index (χ2n) is 6.43. The maximum absolute atomic E-state index is 13.1. The third-order valence-corrected chi connectivity index (χ3v) is 4.66. The summed E-state index contributed by atoms with van der Waals surface area (Å²) in [6, 6.07) is 16.4. The number of carbonyl (C=O) groups is 1. The van der Waals surface area contributed by atoms with E-state index in [1.54, 1.807) is 61.7 Å². The van der Waals surface area contributed by atoms with E-state index in [2.05, 4.69) is 10.3 Å². The predicted octanol–water partition coefficient (Wildman–Crippen LogP) is 6.81. The molecule has 0 heterocycles. The molecule has 0 fully saturated rings. The van der Waals surface area contributed by atoms with Gasteiger partial charge in [0, 0.05) is 28.9 Å². The fraction of sp³-hybridized carbons (Fsp3) is 0.130. The van der Waals surface area contributed by atoms with Crippen LogP contribution in [0.4, 0.5) is 15.8 Å². The van der Waals surface area contributed by atoms with Gasteiger partial charge in [0.2, 0.25) is 5.91 Å². The molecule has 0 atom stereocenters. The number of benzene rings is 3. The maximum atomic E-state index is 13.1. The van der Waals surface area contributed by atoms with Gasteiger partial charge in [-0.25, -0.2) is 4.39 Å². The molecule has 1 amide bonds. The van der Waals surface area contributed by atoms with Crippen molar-refractivity contribution < 1.29 is 13.9 Å². The molecule has 3 rings (SSSR count). The number of anilines is 1. The van der Waals surface area contributed by atoms with Crippen LogP contribution in [0.3, 0.4) is 0 Å². The lowest BCUT2D eigenvalue weighted by Crippen LogP contribution is -2.08. The van der Waals surface area contributed by atoms with Gasteiger partial charge in [0.25, 0.3) is 0 Å². The Labute approximate surface area is 184 Å². The van der Waals surface area contributed by atoms with Crippen molar-refractivity contribution in [3.05, 3.63) is 87.7 Å². The van der Waals surface area contributed by atoms with Gasteiger partial charge in [-0.2, -0.15) is 0 Å². The molecule has 0 bridgehead atoms. The first kappa shape index (κ1) is 21.8. The lowest BCUT2D eigenvalue weighted by Gasteiger charge is -2.12. The van der Waals surface area contributed by atoms with Crippen LogP contribution in [0.15, 0.2) is 65.7 Å². The maximum Gasteiger partial charge on any atom is 0.224 e. The second kappa shape index (κ2) is 10.2. The Kier molecular flexibility index (Phi) is 7.44. The van der Waals surface area contributed by atoms with Crippen molar-refractivity contribution in [1.29, 1.82) is 0 Å². The van der Waals surface area contributed by atoms with Gasteiger partial charge < -0.3 is 10.1 Å². The number of halogens is 3. The Morgan fingerprint density at radius 1 is 1.10 bits per heavy atom. The summed E-state index contributed by atoms with van der Waals surface area (Å²) in [6.45, 7) is 2.01. The number of nitrogens with one attached hydrogen (secondary N) is 1. The van der Waals surface area contributed by atoms with Crippen LogP contribution in [-0.2, 0) is 11.4 Å². The van der Waals surface area contributed by atoms with Crippen molar-refractivity contribution in [3.63, 3.8) is 0 Å². The summed E-state index contributed by atoms with van der Waals surface area (Å²) >= 11 is 12.5. The van der Waals surface area contributed by atoms with Crippen molar-refractivity contribution in [2.45, 2.75) is 20.0 Å². The monoisotopic (exact) mass is 444 g/mol. The average molecular weight is 445 g/mol. The summed E-state index contributed by atoms with van der Waals surface area (Å²) in [5, 5.41) is 3.59. The van der Waals surface area contributed by atoms with Gasteiger partial charge in [-0.15, -0.1) is 0 Å². The lowest BCUT2D eigenvalue weighted by molar-refractivity contribution is -0.115. The molecular weight excluding hydrogens is 426 g/mol. The first-order chi connectivity index (χ1) is 14.4. The number of nitrogens with zero attached hydrogens (tertiary/aromatic N) is 1. The van der Waals surface area contributed by atoms with Crippen LogP contribution in [-0.4, -0.2) is 12.1 Å². The van der Waals surface area contributed by atoms with E-state index in [0.29, 0.717) is 39.2 Å². The molecule has 0 saturated carbocycles. The normalized spacial score (nSPS) is 10.9. The van der Waals surface area contributed by atoms with Crippen LogP contribution in [0, 0.1) is 5.82 Å². The van der Waals surface area contributed by atoms with Crippen LogP contribution in [0.2, 0.25) is 10.0 Å². The Morgan fingerprint density at radius 2 is 1.80 bits per heavy atom. The van der Waals surface area contributed by atoms with Gasteiger partial charge >= 0.3 is 0 Å². The number of ether oxygens (including phenoxy) is 1. The molecule has 0 aliphatic rings. The van der Waals surface area contributed by atoms with Crippen molar-refractivity contribution in [2.24, 2.45) is 4.99 Å². The van der Waals surface area contributed by atoms with Crippen LogP contribution in [0.5, 0.6) is 5.75 Å². The van der Waals surface area contributed by atoms with E-state index >= 15 is 0 Å². The number of amides is 1. The van der Waals surface area contributed by atoms with E-state index in [1.807, 2.05) is 0 Å². The first-order valence-corrected chi connectivity index (χ1v) is 10.0. The Bertz CT molecular complexity index is 1050. The summed E-state index contributed by atoms with van der Waals surface area (Å²) in [6.07, 6.45) is 2.02. The Morgan fingerprint density at radius 3 is 2.47 bits per heavy atom. The molecule has 0 aromatic heterocycles. The molecule has 30 heavy (non-hydrogen) atoms. The predicted molar refractivity (Wildman–Crippen MR) is 120 cm³/mol. The Hall–Kier alpha value is -2.89. The molecule has 7 heteroatoms. The smallest absolute Gasteiger partial charge is 0.224 e. The Balaban J connectivity index is 1.77. The first-order valence-electron chi connectivity index (χ1n) is 9.25. The minimum Gasteiger partial charge on any atom is -0.487 e. The van der Waals surface area contributed by atoms with Crippen molar-refractivity contribution in [2.75, 3.05) is 5.32 Å². The largest absolute Gasteiger partial charge is 0.487 e. The molecule has 154 valence electrons. The topological polar surface area (TPSA) is 50.7 Å². The van der Waals surface area contributed by atoms with E-state index in [4.69, 9.17) is 27.9 Å². The highest BCUT2D eigenvalue weighted by atomic mass is 35.5. The van der Waals surface area contributed by atoms with E-state index in [-0.39, 0.29) is 18.3 Å². The van der Waals surface area contributed by atoms with Crippen molar-refractivity contribution in [1.82, 2.24) is 0 Å². The second-order valence-corrected chi connectivity index (χ2v) is 7.27. The van der Waals surface area contributed by atoms with Gasteiger partial charge in [0.15, 0.2) is 0 Å². The molecule has 0 spiro atoms. The molecule has 0 aliphatic heterocycles. The van der Waals surface area contributed by atoms with Gasteiger partial charge in [-0.3, -0.25) is 9.79 Å². The number of hydrogen-bond donors (Lipinski definition) is 1. The molecule has 0 radical (unpaired) electrons. The lowest BCUT2D eigenvalue weighted by atomic mass is 10.2. The summed E-state index contributed by atoms with van der Waals surface area (Å²) in [5.74, 6) is 0.0695. The highest BCUT2D eigenvalue weighted by Gasteiger charge is 2.10. The zero-order chi connectivity index (χ0) is 21.5. The minimum atomic E-state index is -0.309. The fourth-order valence-electron chi connectivity index (χ4n) is 2.59. The summed E-state index contributed by atoms with van der Waals surface area (Å²) in [4.78, 5) is 15.9. The molecule has 3 aromatic rings. The summed E-state index contributed by atoms with van der Waals surface area (Å²) < 4.78 is 18.9. The minimum absolute atomic E-state index is 0.0530. The van der Waals surface area contributed by atoms with Crippen LogP contribution in [0.1, 0.15) is 24.5 Å². The van der Waals surface area contributed by atoms with Crippen molar-refractivity contribution in [3.8, 4) is 5.75 Å². The number of carbonyl (C=O) groups excluding carboxylic acids is 1. The molecule has 1 N–H and O–H groups in total. The van der Waals surface area contributed by atoms with E-state index < -0.39 is 0 Å². The molecule has 0 aliphatic carbocycles. The zero-order valence-electron chi connectivity index (χ0n) is 16.2. The fourth-order valence-corrected chi connectivity index (χ4v) is 3.15. The quantitative estimate of drug-likeness (QED) is 0.406. The third-order valence-electron chi connectivity index (χ3n) is 4.16. The van der Waals surface area contributed by atoms with Crippen LogP contribution in [0.25, 0.3) is 0 Å². The SMILES string of the molecule is CCC(=O)Nc1ccc(N=Cc2cc(Cl)cc(Cl)c2OCc2ccc(F)cc2)cc1. The highest BCUT2D eigenvalue weighted by Crippen LogP contribution is 2.32.